The maximum Gasteiger partial charge on any atom is 0.574 e. The summed E-state index contributed by atoms with van der Waals surface area (Å²) in [5.41, 5.74) is 0.675. The van der Waals surface area contributed by atoms with Crippen molar-refractivity contribution in [3.8, 4) is 5.88 Å². The predicted octanol–water partition coefficient (Wildman–Crippen LogP) is 2.88. The molecule has 0 fully saturated rings. The molecule has 0 radical (unpaired) electrons. The van der Waals surface area contributed by atoms with Gasteiger partial charge in [0.1, 0.15) is 0 Å². The number of aromatic nitrogens is 1. The Labute approximate surface area is 80.9 Å². The third-order valence-corrected chi connectivity index (χ3v) is 1.82. The Kier molecular flexibility index (Phi) is 3.13. The lowest BCUT2D eigenvalue weighted by atomic mass is 10.3. The van der Waals surface area contributed by atoms with Gasteiger partial charge in [0.25, 0.3) is 0 Å². The molecule has 6 heteroatoms. The summed E-state index contributed by atoms with van der Waals surface area (Å²) in [5, 5.41) is 0.462. The molecule has 1 aromatic rings. The lowest BCUT2D eigenvalue weighted by Gasteiger charge is -2.07. The zero-order valence-electron chi connectivity index (χ0n) is 6.31. The summed E-state index contributed by atoms with van der Waals surface area (Å²) in [5.74, 6) is -0.440. The van der Waals surface area contributed by atoms with Crippen molar-refractivity contribution in [2.45, 2.75) is 11.7 Å². The molecule has 0 aliphatic rings. The topological polar surface area (TPSA) is 22.1 Å². The van der Waals surface area contributed by atoms with Crippen molar-refractivity contribution in [1.29, 1.82) is 0 Å². The molecule has 1 rings (SSSR count). The minimum Gasteiger partial charge on any atom is -0.388 e. The van der Waals surface area contributed by atoms with E-state index in [0.717, 1.165) is 0 Å². The van der Waals surface area contributed by atoms with Gasteiger partial charge in [0.2, 0.25) is 5.88 Å². The van der Waals surface area contributed by atoms with Gasteiger partial charge in [-0.3, -0.25) is 0 Å². The van der Waals surface area contributed by atoms with Crippen molar-refractivity contribution in [3.63, 3.8) is 0 Å². The molecule has 0 aromatic carbocycles. The van der Waals surface area contributed by atoms with Crippen LogP contribution in [0.1, 0.15) is 5.56 Å². The van der Waals surface area contributed by atoms with Crippen molar-refractivity contribution in [2.75, 3.05) is 0 Å². The van der Waals surface area contributed by atoms with Gasteiger partial charge >= 0.3 is 6.36 Å². The Morgan fingerprint density at radius 1 is 1.46 bits per heavy atom. The smallest absolute Gasteiger partial charge is 0.388 e. The van der Waals surface area contributed by atoms with Crippen LogP contribution in [-0.4, -0.2) is 11.3 Å². The minimum atomic E-state index is -4.68. The number of nitrogens with zero attached hydrogens (tertiary/aromatic N) is 1. The van der Waals surface area contributed by atoms with Gasteiger partial charge in [0.05, 0.1) is 0 Å². The zero-order chi connectivity index (χ0) is 9.90. The van der Waals surface area contributed by atoms with E-state index in [1.165, 1.54) is 12.3 Å². The molecule has 0 bridgehead atoms. The van der Waals surface area contributed by atoms with Crippen molar-refractivity contribution in [3.05, 3.63) is 23.9 Å². The number of pyridine rings is 1. The van der Waals surface area contributed by atoms with Gasteiger partial charge in [0.15, 0.2) is 0 Å². The monoisotopic (exact) mass is 255 g/mol. The Morgan fingerprint density at radius 3 is 2.69 bits per heavy atom. The average molecular weight is 256 g/mol. The van der Waals surface area contributed by atoms with E-state index < -0.39 is 12.2 Å². The number of ether oxygens (including phenoxy) is 1. The predicted molar refractivity (Wildman–Crippen MR) is 43.6 cm³/mol. The second kappa shape index (κ2) is 3.95. The highest BCUT2D eigenvalue weighted by molar-refractivity contribution is 9.08. The van der Waals surface area contributed by atoms with E-state index in [0.29, 0.717) is 10.9 Å². The van der Waals surface area contributed by atoms with E-state index in [1.807, 2.05) is 0 Å². The molecule has 0 aliphatic heterocycles. The normalized spacial score (nSPS) is 11.4. The maximum absolute atomic E-state index is 11.7. The molecule has 0 saturated heterocycles. The average Bonchev–Trinajstić information content (AvgIpc) is 2.01. The highest BCUT2D eigenvalue weighted by atomic mass is 79.9. The van der Waals surface area contributed by atoms with E-state index in [9.17, 15) is 13.2 Å². The van der Waals surface area contributed by atoms with Crippen molar-refractivity contribution < 1.29 is 17.9 Å². The summed E-state index contributed by atoms with van der Waals surface area (Å²) in [6, 6.07) is 2.82. The molecule has 1 heterocycles. The van der Waals surface area contributed by atoms with E-state index in [1.54, 1.807) is 6.07 Å². The third kappa shape index (κ3) is 3.63. The zero-order valence-corrected chi connectivity index (χ0v) is 7.89. The molecule has 0 amide bonds. The van der Waals surface area contributed by atoms with Gasteiger partial charge in [-0.2, -0.15) is 0 Å². The fourth-order valence-electron chi connectivity index (χ4n) is 0.708. The summed E-state index contributed by atoms with van der Waals surface area (Å²) in [4.78, 5) is 3.41. The summed E-state index contributed by atoms with van der Waals surface area (Å²) in [7, 11) is 0. The fraction of sp³-hybridized carbons (Fsp3) is 0.286. The van der Waals surface area contributed by atoms with E-state index in [2.05, 4.69) is 25.7 Å². The van der Waals surface area contributed by atoms with Gasteiger partial charge in [0, 0.05) is 17.6 Å². The van der Waals surface area contributed by atoms with Crippen LogP contribution in [0.15, 0.2) is 18.3 Å². The molecule has 1 aromatic heterocycles. The maximum atomic E-state index is 11.7. The summed E-state index contributed by atoms with van der Waals surface area (Å²) < 4.78 is 38.7. The van der Waals surface area contributed by atoms with Crippen LogP contribution in [0, 0.1) is 0 Å². The van der Waals surface area contributed by atoms with Crippen LogP contribution in [0.3, 0.4) is 0 Å². The summed E-state index contributed by atoms with van der Waals surface area (Å²) in [6.07, 6.45) is -3.42. The Bertz CT molecular complexity index is 289. The molecule has 0 unspecified atom stereocenters. The number of halogens is 4. The summed E-state index contributed by atoms with van der Waals surface area (Å²) >= 11 is 3.11. The van der Waals surface area contributed by atoms with Crippen LogP contribution >= 0.6 is 15.9 Å². The molecule has 0 atom stereocenters. The van der Waals surface area contributed by atoms with Gasteiger partial charge in [-0.1, -0.05) is 15.9 Å². The van der Waals surface area contributed by atoms with Crippen LogP contribution in [0.2, 0.25) is 0 Å². The Hall–Kier alpha value is -0.780. The van der Waals surface area contributed by atoms with Crippen molar-refractivity contribution in [2.24, 2.45) is 0 Å². The molecule has 0 saturated carbocycles. The standard InChI is InChI=1S/C7H5BrF3NO/c8-4-5-1-2-12-6(3-5)13-7(9,10)11/h1-3H,4H2. The highest BCUT2D eigenvalue weighted by Gasteiger charge is 2.31. The van der Waals surface area contributed by atoms with E-state index >= 15 is 0 Å². The highest BCUT2D eigenvalue weighted by Crippen LogP contribution is 2.21. The Balaban J connectivity index is 2.78. The van der Waals surface area contributed by atoms with Crippen LogP contribution in [0.5, 0.6) is 5.88 Å². The summed E-state index contributed by atoms with van der Waals surface area (Å²) in [6.45, 7) is 0. The SMILES string of the molecule is FC(F)(F)Oc1cc(CBr)ccn1. The second-order valence-electron chi connectivity index (χ2n) is 2.18. The molecule has 13 heavy (non-hydrogen) atoms. The van der Waals surface area contributed by atoms with Gasteiger partial charge in [-0.25, -0.2) is 4.98 Å². The first-order chi connectivity index (χ1) is 6.01. The largest absolute Gasteiger partial charge is 0.574 e. The third-order valence-electron chi connectivity index (χ3n) is 1.17. The molecule has 0 aliphatic carbocycles. The minimum absolute atomic E-state index is 0.440. The lowest BCUT2D eigenvalue weighted by molar-refractivity contribution is -0.276. The first kappa shape index (κ1) is 10.3. The number of alkyl halides is 4. The molecular weight excluding hydrogens is 251 g/mol. The van der Waals surface area contributed by atoms with Crippen LogP contribution in [0.4, 0.5) is 13.2 Å². The quantitative estimate of drug-likeness (QED) is 0.759. The number of hydrogen-bond acceptors (Lipinski definition) is 2. The van der Waals surface area contributed by atoms with E-state index in [4.69, 9.17) is 0 Å². The van der Waals surface area contributed by atoms with Gasteiger partial charge in [-0.15, -0.1) is 13.2 Å². The number of hydrogen-bond donors (Lipinski definition) is 0. The van der Waals surface area contributed by atoms with Crippen molar-refractivity contribution in [1.82, 2.24) is 4.98 Å². The van der Waals surface area contributed by atoms with Crippen LogP contribution < -0.4 is 4.74 Å². The molecular formula is C7H5BrF3NO. The molecule has 2 nitrogen and oxygen atoms in total. The van der Waals surface area contributed by atoms with E-state index in [-0.39, 0.29) is 0 Å². The van der Waals surface area contributed by atoms with Crippen LogP contribution in [-0.2, 0) is 5.33 Å². The van der Waals surface area contributed by atoms with Gasteiger partial charge in [-0.05, 0) is 11.6 Å². The lowest BCUT2D eigenvalue weighted by Crippen LogP contribution is -2.17. The Morgan fingerprint density at radius 2 is 2.15 bits per heavy atom. The second-order valence-corrected chi connectivity index (χ2v) is 2.74. The van der Waals surface area contributed by atoms with Crippen molar-refractivity contribution >= 4 is 15.9 Å². The first-order valence-corrected chi connectivity index (χ1v) is 4.40. The molecule has 0 N–H and O–H groups in total. The number of rotatable bonds is 2. The first-order valence-electron chi connectivity index (χ1n) is 3.28. The van der Waals surface area contributed by atoms with Crippen LogP contribution in [0.25, 0.3) is 0 Å². The molecule has 0 spiro atoms. The fourth-order valence-corrected chi connectivity index (χ4v) is 1.06. The molecule has 72 valence electrons. The van der Waals surface area contributed by atoms with Gasteiger partial charge < -0.3 is 4.74 Å².